The third kappa shape index (κ3) is 3.84. The standard InChI is InChI=1S/C12H11NO3/c1-16-12(14)7-3-5-10-4-2-6-11(8-10)9-13-15/h2,4,6,8-9,15H,7H2,1H3. The van der Waals surface area contributed by atoms with Crippen molar-refractivity contribution < 1.29 is 14.7 Å². The van der Waals surface area contributed by atoms with Crippen LogP contribution in [0.25, 0.3) is 0 Å². The number of oxime groups is 1. The molecule has 16 heavy (non-hydrogen) atoms. The largest absolute Gasteiger partial charge is 0.468 e. The average Bonchev–Trinajstić information content (AvgIpc) is 2.30. The van der Waals surface area contributed by atoms with Gasteiger partial charge in [0.15, 0.2) is 0 Å². The highest BCUT2D eigenvalue weighted by atomic mass is 16.5. The molecule has 0 amide bonds. The summed E-state index contributed by atoms with van der Waals surface area (Å²) in [5.41, 5.74) is 1.49. The molecule has 4 nitrogen and oxygen atoms in total. The van der Waals surface area contributed by atoms with Crippen molar-refractivity contribution in [1.29, 1.82) is 0 Å². The molecule has 0 aromatic heterocycles. The minimum absolute atomic E-state index is 0.0643. The summed E-state index contributed by atoms with van der Waals surface area (Å²) in [5.74, 6) is 5.14. The highest BCUT2D eigenvalue weighted by Gasteiger charge is 1.94. The van der Waals surface area contributed by atoms with E-state index in [-0.39, 0.29) is 12.4 Å². The Labute approximate surface area is 93.5 Å². The molecule has 0 unspecified atom stereocenters. The molecular weight excluding hydrogens is 206 g/mol. The number of ether oxygens (including phenoxy) is 1. The number of carbonyl (C=O) groups is 1. The number of esters is 1. The highest BCUT2D eigenvalue weighted by Crippen LogP contribution is 2.01. The second-order valence-electron chi connectivity index (χ2n) is 2.92. The Morgan fingerprint density at radius 2 is 2.44 bits per heavy atom. The predicted molar refractivity (Wildman–Crippen MR) is 59.3 cm³/mol. The van der Waals surface area contributed by atoms with Gasteiger partial charge in [-0.05, 0) is 17.7 Å². The number of hydrogen-bond acceptors (Lipinski definition) is 4. The second kappa shape index (κ2) is 6.25. The molecule has 1 rings (SSSR count). The average molecular weight is 217 g/mol. The summed E-state index contributed by atoms with van der Waals surface area (Å²) < 4.78 is 4.45. The molecule has 0 aliphatic carbocycles. The van der Waals surface area contributed by atoms with E-state index in [1.165, 1.54) is 13.3 Å². The lowest BCUT2D eigenvalue weighted by Gasteiger charge is -1.93. The van der Waals surface area contributed by atoms with Gasteiger partial charge in [0.05, 0.1) is 13.3 Å². The van der Waals surface area contributed by atoms with Crippen molar-refractivity contribution in [2.24, 2.45) is 5.16 Å². The van der Waals surface area contributed by atoms with Crippen LogP contribution in [0.5, 0.6) is 0 Å². The molecule has 0 fully saturated rings. The van der Waals surface area contributed by atoms with E-state index < -0.39 is 0 Å². The van der Waals surface area contributed by atoms with E-state index in [0.29, 0.717) is 0 Å². The normalized spacial score (nSPS) is 9.56. The summed E-state index contributed by atoms with van der Waals surface area (Å²) in [4.78, 5) is 10.8. The van der Waals surface area contributed by atoms with Crippen molar-refractivity contribution >= 4 is 12.2 Å². The van der Waals surface area contributed by atoms with Gasteiger partial charge in [-0.15, -0.1) is 0 Å². The third-order valence-corrected chi connectivity index (χ3v) is 1.79. The zero-order chi connectivity index (χ0) is 11.8. The van der Waals surface area contributed by atoms with Crippen LogP contribution in [-0.2, 0) is 9.53 Å². The Morgan fingerprint density at radius 3 is 3.12 bits per heavy atom. The fourth-order valence-electron chi connectivity index (χ4n) is 1.05. The number of benzene rings is 1. The molecule has 82 valence electrons. The number of nitrogens with zero attached hydrogens (tertiary/aromatic N) is 1. The van der Waals surface area contributed by atoms with Crippen molar-refractivity contribution in [2.45, 2.75) is 6.42 Å². The van der Waals surface area contributed by atoms with Crippen LogP contribution >= 0.6 is 0 Å². The van der Waals surface area contributed by atoms with Crippen LogP contribution in [0.3, 0.4) is 0 Å². The van der Waals surface area contributed by atoms with Crippen LogP contribution in [-0.4, -0.2) is 24.5 Å². The second-order valence-corrected chi connectivity index (χ2v) is 2.92. The molecule has 0 radical (unpaired) electrons. The maximum absolute atomic E-state index is 10.8. The van der Waals surface area contributed by atoms with Gasteiger partial charge >= 0.3 is 5.97 Å². The van der Waals surface area contributed by atoms with Gasteiger partial charge in [-0.25, -0.2) is 0 Å². The zero-order valence-corrected chi connectivity index (χ0v) is 8.80. The van der Waals surface area contributed by atoms with E-state index in [9.17, 15) is 4.79 Å². The van der Waals surface area contributed by atoms with E-state index >= 15 is 0 Å². The fraction of sp³-hybridized carbons (Fsp3) is 0.167. The lowest BCUT2D eigenvalue weighted by atomic mass is 10.1. The molecule has 0 spiro atoms. The molecule has 0 saturated heterocycles. The summed E-state index contributed by atoms with van der Waals surface area (Å²) >= 11 is 0. The first-order chi connectivity index (χ1) is 7.76. The molecule has 4 heteroatoms. The Bertz CT molecular complexity index is 455. The Balaban J connectivity index is 2.73. The maximum Gasteiger partial charge on any atom is 0.317 e. The van der Waals surface area contributed by atoms with Gasteiger partial charge in [-0.2, -0.15) is 0 Å². The first-order valence-electron chi connectivity index (χ1n) is 4.59. The monoisotopic (exact) mass is 217 g/mol. The van der Waals surface area contributed by atoms with Gasteiger partial charge in [0, 0.05) is 5.56 Å². The topological polar surface area (TPSA) is 58.9 Å². The first-order valence-corrected chi connectivity index (χ1v) is 4.59. The van der Waals surface area contributed by atoms with Gasteiger partial charge in [0.25, 0.3) is 0 Å². The van der Waals surface area contributed by atoms with E-state index in [1.54, 1.807) is 24.3 Å². The minimum atomic E-state index is -0.361. The van der Waals surface area contributed by atoms with E-state index in [4.69, 9.17) is 5.21 Å². The van der Waals surface area contributed by atoms with Crippen molar-refractivity contribution in [2.75, 3.05) is 7.11 Å². The van der Waals surface area contributed by atoms with Crippen molar-refractivity contribution in [3.05, 3.63) is 35.4 Å². The lowest BCUT2D eigenvalue weighted by molar-refractivity contribution is -0.139. The summed E-state index contributed by atoms with van der Waals surface area (Å²) in [6, 6.07) is 7.13. The van der Waals surface area contributed by atoms with Gasteiger partial charge in [-0.3, -0.25) is 4.79 Å². The molecular formula is C12H11NO3. The molecule has 1 aromatic rings. The van der Waals surface area contributed by atoms with Crippen LogP contribution in [0.2, 0.25) is 0 Å². The summed E-state index contributed by atoms with van der Waals surface area (Å²) in [7, 11) is 1.32. The molecule has 0 heterocycles. The SMILES string of the molecule is COC(=O)CC#Cc1cccc(C=NO)c1. The molecule has 1 N–H and O–H groups in total. The third-order valence-electron chi connectivity index (χ3n) is 1.79. The Kier molecular flexibility index (Phi) is 4.61. The summed E-state index contributed by atoms with van der Waals surface area (Å²) in [6.45, 7) is 0. The quantitative estimate of drug-likeness (QED) is 0.268. The number of carbonyl (C=O) groups excluding carboxylic acids is 1. The van der Waals surface area contributed by atoms with Crippen molar-refractivity contribution in [3.8, 4) is 11.8 Å². The molecule has 0 saturated carbocycles. The van der Waals surface area contributed by atoms with Gasteiger partial charge in [0.2, 0.25) is 0 Å². The van der Waals surface area contributed by atoms with Gasteiger partial charge < -0.3 is 9.94 Å². The predicted octanol–water partition coefficient (Wildman–Crippen LogP) is 1.41. The van der Waals surface area contributed by atoms with Crippen LogP contribution in [0.4, 0.5) is 0 Å². The van der Waals surface area contributed by atoms with Gasteiger partial charge in [0.1, 0.15) is 6.42 Å². The Hall–Kier alpha value is -2.28. The lowest BCUT2D eigenvalue weighted by Crippen LogP contribution is -1.97. The number of rotatable bonds is 2. The zero-order valence-electron chi connectivity index (χ0n) is 8.80. The Morgan fingerprint density at radius 1 is 1.62 bits per heavy atom. The number of hydrogen-bond donors (Lipinski definition) is 1. The van der Waals surface area contributed by atoms with Crippen LogP contribution in [0, 0.1) is 11.8 Å². The van der Waals surface area contributed by atoms with Crippen molar-refractivity contribution in [3.63, 3.8) is 0 Å². The minimum Gasteiger partial charge on any atom is -0.468 e. The first kappa shape index (κ1) is 11.8. The molecule has 0 bridgehead atoms. The van der Waals surface area contributed by atoms with Gasteiger partial charge in [-0.1, -0.05) is 29.1 Å². The molecule has 1 aromatic carbocycles. The number of methoxy groups -OCH3 is 1. The summed E-state index contributed by atoms with van der Waals surface area (Å²) in [5, 5.41) is 11.3. The van der Waals surface area contributed by atoms with Crippen LogP contribution in [0.1, 0.15) is 17.5 Å². The fourth-order valence-corrected chi connectivity index (χ4v) is 1.05. The highest BCUT2D eigenvalue weighted by molar-refractivity contribution is 5.79. The van der Waals surface area contributed by atoms with Crippen LogP contribution in [0.15, 0.2) is 29.4 Å². The van der Waals surface area contributed by atoms with E-state index in [2.05, 4.69) is 21.7 Å². The van der Waals surface area contributed by atoms with Crippen molar-refractivity contribution in [1.82, 2.24) is 0 Å². The molecule has 0 aliphatic rings. The molecule has 0 aliphatic heterocycles. The summed E-state index contributed by atoms with van der Waals surface area (Å²) in [6.07, 6.45) is 1.38. The van der Waals surface area contributed by atoms with Crippen LogP contribution < -0.4 is 0 Å². The molecule has 0 atom stereocenters. The maximum atomic E-state index is 10.8. The van der Waals surface area contributed by atoms with E-state index in [1.807, 2.05) is 0 Å². The van der Waals surface area contributed by atoms with E-state index in [0.717, 1.165) is 11.1 Å². The smallest absolute Gasteiger partial charge is 0.317 e.